The first-order valence-corrected chi connectivity index (χ1v) is 8.85. The first-order valence-electron chi connectivity index (χ1n) is 8.47. The number of hydrogen-bond acceptors (Lipinski definition) is 2. The first-order chi connectivity index (χ1) is 12.5. The summed E-state index contributed by atoms with van der Waals surface area (Å²) in [7, 11) is 3.57. The lowest BCUT2D eigenvalue weighted by molar-refractivity contribution is -0.885. The van der Waals surface area contributed by atoms with Gasteiger partial charge in [0.25, 0.3) is 5.91 Å². The number of likely N-dealkylation sites (N-methyl/N-ethyl adjacent to an activating group) is 1. The summed E-state index contributed by atoms with van der Waals surface area (Å²) in [5.74, 6) is 0.535. The van der Waals surface area contributed by atoms with Crippen molar-refractivity contribution < 1.29 is 14.4 Å². The third-order valence-electron chi connectivity index (χ3n) is 4.22. The average molecular weight is 370 g/mol. The van der Waals surface area contributed by atoms with Gasteiger partial charge in [0.05, 0.1) is 19.2 Å². The molecule has 0 aliphatic rings. The molecule has 0 fully saturated rings. The molecule has 4 nitrogen and oxygen atoms in total. The molecule has 1 atom stereocenters. The van der Waals surface area contributed by atoms with Gasteiger partial charge in [0.2, 0.25) is 0 Å². The van der Waals surface area contributed by atoms with Crippen LogP contribution in [0.25, 0.3) is 10.8 Å². The number of hydrogen-bond donors (Lipinski definition) is 2. The van der Waals surface area contributed by atoms with Crippen molar-refractivity contribution in [2.45, 2.75) is 6.54 Å². The number of ether oxygens (including phenoxy) is 1. The Kier molecular flexibility index (Phi) is 5.76. The summed E-state index contributed by atoms with van der Waals surface area (Å²) in [5.41, 5.74) is 1.88. The van der Waals surface area contributed by atoms with Crippen LogP contribution in [0.5, 0.6) is 5.75 Å². The maximum absolute atomic E-state index is 12.3. The molecule has 0 aliphatic heterocycles. The number of quaternary nitrogens is 1. The average Bonchev–Trinajstić information content (AvgIpc) is 2.61. The van der Waals surface area contributed by atoms with Crippen LogP contribution in [0.4, 0.5) is 5.69 Å². The lowest BCUT2D eigenvalue weighted by Crippen LogP contribution is -3.08. The van der Waals surface area contributed by atoms with Crippen LogP contribution in [-0.2, 0) is 11.3 Å². The van der Waals surface area contributed by atoms with Crippen molar-refractivity contribution in [2.75, 3.05) is 26.0 Å². The van der Waals surface area contributed by atoms with E-state index < -0.39 is 0 Å². The molecule has 0 aliphatic carbocycles. The number of anilines is 1. The Morgan fingerprint density at radius 1 is 1.08 bits per heavy atom. The van der Waals surface area contributed by atoms with E-state index in [1.165, 1.54) is 16.3 Å². The van der Waals surface area contributed by atoms with E-state index in [0.29, 0.717) is 23.0 Å². The molecule has 0 spiro atoms. The zero-order valence-electron chi connectivity index (χ0n) is 14.9. The molecule has 0 aromatic heterocycles. The maximum atomic E-state index is 12.3. The standard InChI is InChI=1S/C21H21ClN2O2/c1-24(13-15-7-8-16-5-3-4-6-17(16)11-15)14-21(25)23-18-9-10-20(26-2)19(22)12-18/h3-12H,13-14H2,1-2H3,(H,23,25)/p+1. The van der Waals surface area contributed by atoms with Crippen molar-refractivity contribution in [1.82, 2.24) is 0 Å². The van der Waals surface area contributed by atoms with Crippen LogP contribution < -0.4 is 15.0 Å². The highest BCUT2D eigenvalue weighted by Crippen LogP contribution is 2.27. The van der Waals surface area contributed by atoms with Crippen LogP contribution in [0.3, 0.4) is 0 Å². The Hall–Kier alpha value is -2.56. The molecule has 0 bridgehead atoms. The zero-order valence-corrected chi connectivity index (χ0v) is 15.6. The lowest BCUT2D eigenvalue weighted by Gasteiger charge is -2.15. The highest BCUT2D eigenvalue weighted by molar-refractivity contribution is 6.32. The first kappa shape index (κ1) is 18.2. The summed E-state index contributed by atoms with van der Waals surface area (Å²) < 4.78 is 5.12. The minimum absolute atomic E-state index is 0.0514. The van der Waals surface area contributed by atoms with Gasteiger partial charge in [0, 0.05) is 11.3 Å². The molecule has 0 saturated heterocycles. The SMILES string of the molecule is COc1ccc(NC(=O)C[NH+](C)Cc2ccc3ccccc3c2)cc1Cl. The van der Waals surface area contributed by atoms with Gasteiger partial charge in [0.1, 0.15) is 12.3 Å². The summed E-state index contributed by atoms with van der Waals surface area (Å²) in [6.45, 7) is 1.15. The Morgan fingerprint density at radius 2 is 1.85 bits per heavy atom. The number of methoxy groups -OCH3 is 1. The van der Waals surface area contributed by atoms with Crippen molar-refractivity contribution >= 4 is 34.0 Å². The van der Waals surface area contributed by atoms with Crippen molar-refractivity contribution in [3.05, 3.63) is 71.2 Å². The molecule has 2 N–H and O–H groups in total. The number of halogens is 1. The molecule has 3 aromatic carbocycles. The Labute approximate surface area is 158 Å². The van der Waals surface area contributed by atoms with Gasteiger partial charge >= 0.3 is 0 Å². The van der Waals surface area contributed by atoms with Gasteiger partial charge in [-0.25, -0.2) is 0 Å². The van der Waals surface area contributed by atoms with Gasteiger partial charge in [-0.15, -0.1) is 0 Å². The molecule has 1 unspecified atom stereocenters. The molecule has 3 rings (SSSR count). The van der Waals surface area contributed by atoms with E-state index >= 15 is 0 Å². The van der Waals surface area contributed by atoms with Gasteiger partial charge in [-0.3, -0.25) is 4.79 Å². The lowest BCUT2D eigenvalue weighted by atomic mass is 10.1. The summed E-state index contributed by atoms with van der Waals surface area (Å²) in [6.07, 6.45) is 0. The van der Waals surface area contributed by atoms with Crippen LogP contribution in [0.15, 0.2) is 60.7 Å². The molecule has 0 radical (unpaired) electrons. The topological polar surface area (TPSA) is 42.8 Å². The van der Waals surface area contributed by atoms with Gasteiger partial charge in [-0.2, -0.15) is 0 Å². The van der Waals surface area contributed by atoms with Crippen LogP contribution in [-0.4, -0.2) is 26.6 Å². The van der Waals surface area contributed by atoms with E-state index in [-0.39, 0.29) is 5.91 Å². The third kappa shape index (κ3) is 4.54. The number of rotatable bonds is 6. The number of nitrogens with one attached hydrogen (secondary N) is 2. The highest BCUT2D eigenvalue weighted by Gasteiger charge is 2.12. The number of amides is 1. The molecule has 134 valence electrons. The van der Waals surface area contributed by atoms with E-state index in [0.717, 1.165) is 11.4 Å². The molecule has 3 aromatic rings. The molecule has 5 heteroatoms. The highest BCUT2D eigenvalue weighted by atomic mass is 35.5. The summed E-state index contributed by atoms with van der Waals surface area (Å²) in [6, 6.07) is 19.9. The van der Waals surface area contributed by atoms with E-state index in [4.69, 9.17) is 16.3 Å². The van der Waals surface area contributed by atoms with Gasteiger partial charge in [-0.1, -0.05) is 48.0 Å². The Bertz CT molecular complexity index is 927. The van der Waals surface area contributed by atoms with Crippen LogP contribution >= 0.6 is 11.6 Å². The van der Waals surface area contributed by atoms with Crippen LogP contribution in [0.1, 0.15) is 5.56 Å². The van der Waals surface area contributed by atoms with Crippen LogP contribution in [0, 0.1) is 0 Å². The number of fused-ring (bicyclic) bond motifs is 1. The second kappa shape index (κ2) is 8.21. The van der Waals surface area contributed by atoms with E-state index in [1.54, 1.807) is 25.3 Å². The Morgan fingerprint density at radius 3 is 2.58 bits per heavy atom. The van der Waals surface area contributed by atoms with Crippen molar-refractivity contribution in [3.8, 4) is 5.75 Å². The number of benzene rings is 3. The van der Waals surface area contributed by atoms with E-state index in [1.807, 2.05) is 19.2 Å². The molecular formula is C21H22ClN2O2+. The summed E-state index contributed by atoms with van der Waals surface area (Å²) >= 11 is 6.09. The predicted molar refractivity (Wildman–Crippen MR) is 106 cm³/mol. The molecule has 0 saturated carbocycles. The Balaban J connectivity index is 1.59. The quantitative estimate of drug-likeness (QED) is 0.701. The largest absolute Gasteiger partial charge is 0.495 e. The van der Waals surface area contributed by atoms with Gasteiger partial charge < -0.3 is 15.0 Å². The monoisotopic (exact) mass is 369 g/mol. The fourth-order valence-electron chi connectivity index (χ4n) is 2.98. The van der Waals surface area contributed by atoms with Crippen molar-refractivity contribution in [3.63, 3.8) is 0 Å². The third-order valence-corrected chi connectivity index (χ3v) is 4.51. The van der Waals surface area contributed by atoms with Crippen molar-refractivity contribution in [2.24, 2.45) is 0 Å². The summed E-state index contributed by atoms with van der Waals surface area (Å²) in [5, 5.41) is 5.80. The van der Waals surface area contributed by atoms with E-state index in [2.05, 4.69) is 35.6 Å². The fourth-order valence-corrected chi connectivity index (χ4v) is 3.24. The normalized spacial score (nSPS) is 12.0. The smallest absolute Gasteiger partial charge is 0.279 e. The number of carbonyl (C=O) groups excluding carboxylic acids is 1. The minimum Gasteiger partial charge on any atom is -0.495 e. The molecule has 0 heterocycles. The predicted octanol–water partition coefficient (Wildman–Crippen LogP) is 3.16. The minimum atomic E-state index is -0.0514. The van der Waals surface area contributed by atoms with E-state index in [9.17, 15) is 4.79 Å². The second-order valence-electron chi connectivity index (χ2n) is 6.39. The van der Waals surface area contributed by atoms with Crippen molar-refractivity contribution in [1.29, 1.82) is 0 Å². The number of carbonyl (C=O) groups is 1. The maximum Gasteiger partial charge on any atom is 0.279 e. The molecule has 26 heavy (non-hydrogen) atoms. The fraction of sp³-hybridized carbons (Fsp3) is 0.190. The summed E-state index contributed by atoms with van der Waals surface area (Å²) in [4.78, 5) is 13.4. The molecule has 1 amide bonds. The van der Waals surface area contributed by atoms with Crippen LogP contribution in [0.2, 0.25) is 5.02 Å². The zero-order chi connectivity index (χ0) is 18.5. The second-order valence-corrected chi connectivity index (χ2v) is 6.80. The van der Waals surface area contributed by atoms with Gasteiger partial charge in [-0.05, 0) is 35.0 Å². The van der Waals surface area contributed by atoms with Gasteiger partial charge in [0.15, 0.2) is 6.54 Å². The molecular weight excluding hydrogens is 348 g/mol.